The van der Waals surface area contributed by atoms with E-state index < -0.39 is 4.92 Å². The van der Waals surface area contributed by atoms with Gasteiger partial charge in [-0.2, -0.15) is 0 Å². The molecule has 3 rings (SSSR count). The number of ether oxygens (including phenoxy) is 1. The maximum Gasteiger partial charge on any atom is 0.293 e. The van der Waals surface area contributed by atoms with Gasteiger partial charge in [0.1, 0.15) is 5.69 Å². The molecule has 2 aliphatic rings. The molecular weight excluding hydrogens is 274 g/mol. The van der Waals surface area contributed by atoms with E-state index in [2.05, 4.69) is 5.32 Å². The molecule has 7 heteroatoms. The highest BCUT2D eigenvalue weighted by atomic mass is 16.6. The third kappa shape index (κ3) is 3.13. The molecule has 1 aliphatic heterocycles. The van der Waals surface area contributed by atoms with Crippen LogP contribution < -0.4 is 10.2 Å². The first-order chi connectivity index (χ1) is 10.1. The minimum Gasteiger partial charge on any atom is -0.378 e. The lowest BCUT2D eigenvalue weighted by atomic mass is 10.1. The van der Waals surface area contributed by atoms with Crippen LogP contribution in [0.15, 0.2) is 18.2 Å². The van der Waals surface area contributed by atoms with E-state index in [1.54, 1.807) is 12.1 Å². The molecule has 1 heterocycles. The molecule has 1 saturated carbocycles. The summed E-state index contributed by atoms with van der Waals surface area (Å²) in [6.07, 6.45) is 1.97. The first-order valence-electron chi connectivity index (χ1n) is 7.07. The number of benzene rings is 1. The molecule has 0 radical (unpaired) electrons. The van der Waals surface area contributed by atoms with Crippen LogP contribution in [0, 0.1) is 10.1 Å². The minimum absolute atomic E-state index is 0.0275. The minimum atomic E-state index is -0.432. The van der Waals surface area contributed by atoms with Gasteiger partial charge in [0.15, 0.2) is 0 Å². The molecule has 0 atom stereocenters. The topological polar surface area (TPSA) is 84.7 Å². The van der Waals surface area contributed by atoms with Gasteiger partial charge in [0.05, 0.1) is 18.1 Å². The van der Waals surface area contributed by atoms with Gasteiger partial charge in [-0.3, -0.25) is 14.9 Å². The Morgan fingerprint density at radius 2 is 2.05 bits per heavy atom. The van der Waals surface area contributed by atoms with E-state index in [1.165, 1.54) is 6.07 Å². The Balaban J connectivity index is 1.86. The molecule has 1 saturated heterocycles. The van der Waals surface area contributed by atoms with Crippen molar-refractivity contribution in [1.82, 2.24) is 5.32 Å². The van der Waals surface area contributed by atoms with Gasteiger partial charge in [0.25, 0.3) is 11.6 Å². The molecular formula is C14H17N3O4. The molecule has 0 bridgehead atoms. The van der Waals surface area contributed by atoms with Crippen molar-refractivity contribution < 1.29 is 14.5 Å². The summed E-state index contributed by atoms with van der Waals surface area (Å²) in [4.78, 5) is 24.8. The summed E-state index contributed by atoms with van der Waals surface area (Å²) in [6, 6.07) is 4.90. The largest absolute Gasteiger partial charge is 0.378 e. The second-order valence-electron chi connectivity index (χ2n) is 5.31. The van der Waals surface area contributed by atoms with Gasteiger partial charge in [-0.05, 0) is 25.0 Å². The predicted octanol–water partition coefficient (Wildman–Crippen LogP) is 1.32. The summed E-state index contributed by atoms with van der Waals surface area (Å²) in [5.41, 5.74) is 0.859. The summed E-state index contributed by atoms with van der Waals surface area (Å²) in [5.74, 6) is -0.242. The maximum absolute atomic E-state index is 12.0. The fraction of sp³-hybridized carbons (Fsp3) is 0.500. The van der Waals surface area contributed by atoms with Crippen molar-refractivity contribution >= 4 is 17.3 Å². The van der Waals surface area contributed by atoms with Gasteiger partial charge in [-0.15, -0.1) is 0 Å². The number of hydrogen-bond acceptors (Lipinski definition) is 5. The van der Waals surface area contributed by atoms with E-state index in [-0.39, 0.29) is 17.6 Å². The molecule has 7 nitrogen and oxygen atoms in total. The molecule has 0 aromatic heterocycles. The van der Waals surface area contributed by atoms with Gasteiger partial charge >= 0.3 is 0 Å². The fourth-order valence-electron chi connectivity index (χ4n) is 2.38. The number of amides is 1. The Kier molecular flexibility index (Phi) is 3.74. The van der Waals surface area contributed by atoms with Gasteiger partial charge in [0.2, 0.25) is 0 Å². The monoisotopic (exact) mass is 291 g/mol. The van der Waals surface area contributed by atoms with Crippen molar-refractivity contribution in [3.63, 3.8) is 0 Å². The van der Waals surface area contributed by atoms with Crippen LogP contribution >= 0.6 is 0 Å². The third-order valence-electron chi connectivity index (χ3n) is 3.70. The van der Waals surface area contributed by atoms with Crippen molar-refractivity contribution in [2.24, 2.45) is 0 Å². The number of hydrogen-bond donors (Lipinski definition) is 1. The van der Waals surface area contributed by atoms with Gasteiger partial charge in [-0.1, -0.05) is 0 Å². The molecule has 1 aromatic carbocycles. The molecule has 1 amide bonds. The smallest absolute Gasteiger partial charge is 0.293 e. The lowest BCUT2D eigenvalue weighted by Gasteiger charge is -2.28. The van der Waals surface area contributed by atoms with Crippen molar-refractivity contribution in [3.8, 4) is 0 Å². The van der Waals surface area contributed by atoms with Crippen LogP contribution in [-0.2, 0) is 4.74 Å². The molecule has 1 aromatic rings. The average Bonchev–Trinajstić information content (AvgIpc) is 3.31. The van der Waals surface area contributed by atoms with E-state index in [9.17, 15) is 14.9 Å². The number of carbonyl (C=O) groups excluding carboxylic acids is 1. The standard InChI is InChI=1S/C14H17N3O4/c18-14(15-11-2-3-11)10-1-4-12(13(9-10)17(19)20)16-5-7-21-8-6-16/h1,4,9,11H,2-3,5-8H2,(H,15,18). The maximum atomic E-state index is 12.0. The Hall–Kier alpha value is -2.15. The summed E-state index contributed by atoms with van der Waals surface area (Å²) >= 11 is 0. The number of nitro benzene ring substituents is 1. The van der Waals surface area contributed by atoms with E-state index >= 15 is 0 Å². The number of rotatable bonds is 4. The second-order valence-corrected chi connectivity index (χ2v) is 5.31. The Morgan fingerprint density at radius 1 is 1.33 bits per heavy atom. The first-order valence-corrected chi connectivity index (χ1v) is 7.07. The lowest BCUT2D eigenvalue weighted by molar-refractivity contribution is -0.384. The molecule has 2 fully saturated rings. The van der Waals surface area contributed by atoms with Crippen molar-refractivity contribution in [2.45, 2.75) is 18.9 Å². The Bertz CT molecular complexity index is 565. The quantitative estimate of drug-likeness (QED) is 0.668. The van der Waals surface area contributed by atoms with Crippen LogP contribution in [-0.4, -0.2) is 43.2 Å². The third-order valence-corrected chi connectivity index (χ3v) is 3.70. The molecule has 1 N–H and O–H groups in total. The highest BCUT2D eigenvalue weighted by Gasteiger charge is 2.26. The zero-order valence-electron chi connectivity index (χ0n) is 11.6. The second kappa shape index (κ2) is 5.69. The van der Waals surface area contributed by atoms with Gasteiger partial charge < -0.3 is 15.0 Å². The number of nitro groups is 1. The van der Waals surface area contributed by atoms with E-state index in [0.29, 0.717) is 37.6 Å². The summed E-state index contributed by atoms with van der Waals surface area (Å²) < 4.78 is 5.26. The number of nitrogens with zero attached hydrogens (tertiary/aromatic N) is 2. The van der Waals surface area contributed by atoms with Crippen molar-refractivity contribution in [2.75, 3.05) is 31.2 Å². The Morgan fingerprint density at radius 3 is 2.67 bits per heavy atom. The van der Waals surface area contributed by atoms with E-state index in [1.807, 2.05) is 4.90 Å². The van der Waals surface area contributed by atoms with Gasteiger partial charge in [0, 0.05) is 30.8 Å². The summed E-state index contributed by atoms with van der Waals surface area (Å²) in [6.45, 7) is 2.35. The first kappa shape index (κ1) is 13.8. The highest BCUT2D eigenvalue weighted by molar-refractivity contribution is 5.96. The average molecular weight is 291 g/mol. The van der Waals surface area contributed by atoms with Crippen LogP contribution in [0.3, 0.4) is 0 Å². The zero-order chi connectivity index (χ0) is 14.8. The van der Waals surface area contributed by atoms with Crippen LogP contribution in [0.25, 0.3) is 0 Å². The zero-order valence-corrected chi connectivity index (χ0v) is 11.6. The summed E-state index contributed by atoms with van der Waals surface area (Å²) in [7, 11) is 0. The lowest BCUT2D eigenvalue weighted by Crippen LogP contribution is -2.36. The van der Waals surface area contributed by atoms with Crippen LogP contribution in [0.2, 0.25) is 0 Å². The predicted molar refractivity (Wildman–Crippen MR) is 76.6 cm³/mol. The molecule has 0 spiro atoms. The summed E-state index contributed by atoms with van der Waals surface area (Å²) in [5, 5.41) is 14.1. The van der Waals surface area contributed by atoms with Crippen LogP contribution in [0.5, 0.6) is 0 Å². The van der Waals surface area contributed by atoms with E-state index in [0.717, 1.165) is 12.8 Å². The number of carbonyl (C=O) groups is 1. The van der Waals surface area contributed by atoms with Crippen LogP contribution in [0.1, 0.15) is 23.2 Å². The normalized spacial score (nSPS) is 18.4. The fourth-order valence-corrected chi connectivity index (χ4v) is 2.38. The molecule has 21 heavy (non-hydrogen) atoms. The van der Waals surface area contributed by atoms with Gasteiger partial charge in [-0.25, -0.2) is 0 Å². The number of morpholine rings is 1. The van der Waals surface area contributed by atoms with Crippen molar-refractivity contribution in [1.29, 1.82) is 0 Å². The molecule has 112 valence electrons. The van der Waals surface area contributed by atoms with Crippen molar-refractivity contribution in [3.05, 3.63) is 33.9 Å². The Labute approximate surface area is 122 Å². The highest BCUT2D eigenvalue weighted by Crippen LogP contribution is 2.30. The van der Waals surface area contributed by atoms with Crippen LogP contribution in [0.4, 0.5) is 11.4 Å². The number of nitrogens with one attached hydrogen (secondary N) is 1. The molecule has 0 unspecified atom stereocenters. The SMILES string of the molecule is O=C(NC1CC1)c1ccc(N2CCOCC2)c([N+](=O)[O-])c1. The number of anilines is 1. The van der Waals surface area contributed by atoms with E-state index in [4.69, 9.17) is 4.74 Å². The molecule has 1 aliphatic carbocycles.